The van der Waals surface area contributed by atoms with Gasteiger partial charge in [0.05, 0.1) is 6.10 Å². The number of hydrogen-bond donors (Lipinski definition) is 1. The smallest absolute Gasteiger partial charge is 0.156 e. The first kappa shape index (κ1) is 11.9. The summed E-state index contributed by atoms with van der Waals surface area (Å²) >= 11 is 0. The molecule has 19 heavy (non-hydrogen) atoms. The highest BCUT2D eigenvalue weighted by molar-refractivity contribution is 5.93. The van der Waals surface area contributed by atoms with Gasteiger partial charge in [0.1, 0.15) is 0 Å². The van der Waals surface area contributed by atoms with Crippen LogP contribution in [-0.2, 0) is 4.79 Å². The van der Waals surface area contributed by atoms with Crippen molar-refractivity contribution in [1.82, 2.24) is 0 Å². The summed E-state index contributed by atoms with van der Waals surface area (Å²) in [6.07, 6.45) is 10.4. The summed E-state index contributed by atoms with van der Waals surface area (Å²) in [4.78, 5) is 11.6. The van der Waals surface area contributed by atoms with Gasteiger partial charge in [0.25, 0.3) is 0 Å². The predicted molar refractivity (Wildman–Crippen MR) is 73.5 cm³/mol. The quantitative estimate of drug-likeness (QED) is 0.724. The van der Waals surface area contributed by atoms with Gasteiger partial charge in [-0.2, -0.15) is 0 Å². The Bertz CT molecular complexity index is 485. The van der Waals surface area contributed by atoms with Gasteiger partial charge in [-0.25, -0.2) is 0 Å². The van der Waals surface area contributed by atoms with Crippen molar-refractivity contribution < 1.29 is 9.90 Å². The molecule has 4 atom stereocenters. The molecule has 0 aromatic carbocycles. The minimum atomic E-state index is -0.0403. The SMILES string of the molecule is O=C1C=C2CC[C@@H]3C(=C2CC1)CC[C@@H]1[C@H]3CC[C@@H]1O. The number of allylic oxidation sites excluding steroid dienone is 4. The second-order valence-electron chi connectivity index (χ2n) is 6.80. The molecule has 0 aromatic heterocycles. The van der Waals surface area contributed by atoms with Gasteiger partial charge < -0.3 is 5.11 Å². The second kappa shape index (κ2) is 4.31. The molecule has 4 aliphatic carbocycles. The number of fused-ring (bicyclic) bond motifs is 4. The van der Waals surface area contributed by atoms with E-state index in [0.29, 0.717) is 18.1 Å². The summed E-state index contributed by atoms with van der Waals surface area (Å²) in [5.74, 6) is 2.33. The van der Waals surface area contributed by atoms with Crippen LogP contribution >= 0.6 is 0 Å². The van der Waals surface area contributed by atoms with Crippen molar-refractivity contribution in [2.75, 3.05) is 0 Å². The van der Waals surface area contributed by atoms with Crippen molar-refractivity contribution in [3.63, 3.8) is 0 Å². The lowest BCUT2D eigenvalue weighted by atomic mass is 9.63. The summed E-state index contributed by atoms with van der Waals surface area (Å²) in [7, 11) is 0. The number of aliphatic hydroxyl groups is 1. The van der Waals surface area contributed by atoms with E-state index in [2.05, 4.69) is 0 Å². The van der Waals surface area contributed by atoms with Crippen LogP contribution in [0.5, 0.6) is 0 Å². The average Bonchev–Trinajstić information content (AvgIpc) is 2.80. The van der Waals surface area contributed by atoms with Gasteiger partial charge in [-0.1, -0.05) is 5.57 Å². The van der Waals surface area contributed by atoms with Gasteiger partial charge in [0.15, 0.2) is 5.78 Å². The van der Waals surface area contributed by atoms with Gasteiger partial charge in [0, 0.05) is 6.42 Å². The Labute approximate surface area is 114 Å². The normalized spacial score (nSPS) is 41.5. The fourth-order valence-corrected chi connectivity index (χ4v) is 5.17. The first-order chi connectivity index (χ1) is 9.24. The van der Waals surface area contributed by atoms with Crippen molar-refractivity contribution in [2.24, 2.45) is 17.8 Å². The molecule has 2 heteroatoms. The third kappa shape index (κ3) is 1.76. The first-order valence-electron chi connectivity index (χ1n) is 7.88. The number of ketones is 1. The summed E-state index contributed by atoms with van der Waals surface area (Å²) in [5, 5.41) is 10.1. The molecule has 102 valence electrons. The number of aliphatic hydroxyl groups excluding tert-OH is 1. The van der Waals surface area contributed by atoms with E-state index >= 15 is 0 Å². The molecule has 0 spiro atoms. The standard InChI is InChI=1S/C17H22O2/c18-11-2-4-12-10(9-11)1-3-14-13(12)5-6-16-15(14)7-8-17(16)19/h9,14-17,19H,1-8H2/t14-,15+,16-,17+/m1/s1. The third-order valence-electron chi connectivity index (χ3n) is 6.01. The van der Waals surface area contributed by atoms with Crippen LogP contribution in [0.4, 0.5) is 0 Å². The molecule has 0 aromatic rings. The topological polar surface area (TPSA) is 37.3 Å². The molecule has 0 aliphatic heterocycles. The van der Waals surface area contributed by atoms with E-state index in [1.807, 2.05) is 6.08 Å². The van der Waals surface area contributed by atoms with Gasteiger partial charge in [-0.3, -0.25) is 4.79 Å². The fraction of sp³-hybridized carbons (Fsp3) is 0.706. The highest BCUT2D eigenvalue weighted by Gasteiger charge is 2.45. The number of carbonyl (C=O) groups excluding carboxylic acids is 1. The monoisotopic (exact) mass is 258 g/mol. The molecule has 0 bridgehead atoms. The fourth-order valence-electron chi connectivity index (χ4n) is 5.17. The van der Waals surface area contributed by atoms with Gasteiger partial charge in [-0.05, 0) is 79.9 Å². The number of rotatable bonds is 0. The third-order valence-corrected chi connectivity index (χ3v) is 6.01. The highest BCUT2D eigenvalue weighted by Crippen LogP contribution is 2.54. The summed E-state index contributed by atoms with van der Waals surface area (Å²) in [6.45, 7) is 0. The lowest BCUT2D eigenvalue weighted by Gasteiger charge is -2.42. The Morgan fingerprint density at radius 3 is 2.74 bits per heavy atom. The maximum absolute atomic E-state index is 11.6. The minimum Gasteiger partial charge on any atom is -0.393 e. The summed E-state index contributed by atoms with van der Waals surface area (Å²) in [6, 6.07) is 0. The van der Waals surface area contributed by atoms with E-state index in [4.69, 9.17) is 0 Å². The molecule has 4 rings (SSSR count). The highest BCUT2D eigenvalue weighted by atomic mass is 16.3. The van der Waals surface area contributed by atoms with E-state index < -0.39 is 0 Å². The predicted octanol–water partition coefficient (Wildman–Crippen LogP) is 3.16. The zero-order valence-electron chi connectivity index (χ0n) is 11.4. The maximum Gasteiger partial charge on any atom is 0.156 e. The van der Waals surface area contributed by atoms with E-state index in [-0.39, 0.29) is 6.10 Å². The van der Waals surface area contributed by atoms with Crippen LogP contribution in [0.3, 0.4) is 0 Å². The van der Waals surface area contributed by atoms with Crippen molar-refractivity contribution in [2.45, 2.75) is 57.5 Å². The number of carbonyl (C=O) groups is 1. The van der Waals surface area contributed by atoms with Crippen LogP contribution in [0, 0.1) is 17.8 Å². The summed E-state index contributed by atoms with van der Waals surface area (Å²) < 4.78 is 0. The maximum atomic E-state index is 11.6. The van der Waals surface area contributed by atoms with Crippen LogP contribution in [0.1, 0.15) is 51.4 Å². The molecule has 4 aliphatic rings. The Hall–Kier alpha value is -0.890. The van der Waals surface area contributed by atoms with Crippen LogP contribution in [0.15, 0.2) is 22.8 Å². The Morgan fingerprint density at radius 2 is 1.84 bits per heavy atom. The molecule has 0 radical (unpaired) electrons. The minimum absolute atomic E-state index is 0.0403. The Kier molecular flexibility index (Phi) is 2.70. The van der Waals surface area contributed by atoms with Crippen molar-refractivity contribution in [3.8, 4) is 0 Å². The van der Waals surface area contributed by atoms with Crippen LogP contribution in [0.25, 0.3) is 0 Å². The molecular weight excluding hydrogens is 236 g/mol. The van der Waals surface area contributed by atoms with Crippen LogP contribution < -0.4 is 0 Å². The van der Waals surface area contributed by atoms with Crippen molar-refractivity contribution in [1.29, 1.82) is 0 Å². The van der Waals surface area contributed by atoms with Crippen molar-refractivity contribution >= 4 is 5.78 Å². The average molecular weight is 258 g/mol. The molecule has 0 unspecified atom stereocenters. The Morgan fingerprint density at radius 1 is 0.947 bits per heavy atom. The van der Waals surface area contributed by atoms with Gasteiger partial charge in [-0.15, -0.1) is 0 Å². The molecule has 0 heterocycles. The largest absolute Gasteiger partial charge is 0.393 e. The lowest BCUT2D eigenvalue weighted by Crippen LogP contribution is -2.33. The van der Waals surface area contributed by atoms with E-state index in [1.54, 1.807) is 5.57 Å². The molecule has 2 nitrogen and oxygen atoms in total. The van der Waals surface area contributed by atoms with Crippen LogP contribution in [0.2, 0.25) is 0 Å². The lowest BCUT2D eigenvalue weighted by molar-refractivity contribution is -0.114. The number of hydrogen-bond acceptors (Lipinski definition) is 2. The Balaban J connectivity index is 1.71. The zero-order chi connectivity index (χ0) is 13.0. The van der Waals surface area contributed by atoms with E-state index in [9.17, 15) is 9.90 Å². The summed E-state index contributed by atoms with van der Waals surface area (Å²) in [5.41, 5.74) is 4.55. The molecular formula is C17H22O2. The molecule has 2 fully saturated rings. The first-order valence-corrected chi connectivity index (χ1v) is 7.88. The van der Waals surface area contributed by atoms with Gasteiger partial charge >= 0.3 is 0 Å². The van der Waals surface area contributed by atoms with Crippen LogP contribution in [-0.4, -0.2) is 17.0 Å². The molecule has 0 amide bonds. The second-order valence-corrected chi connectivity index (χ2v) is 6.80. The van der Waals surface area contributed by atoms with E-state index in [1.165, 1.54) is 36.8 Å². The zero-order valence-corrected chi connectivity index (χ0v) is 11.4. The van der Waals surface area contributed by atoms with Gasteiger partial charge in [0.2, 0.25) is 0 Å². The molecule has 1 N–H and O–H groups in total. The molecule has 2 saturated carbocycles. The van der Waals surface area contributed by atoms with E-state index in [0.717, 1.165) is 31.1 Å². The van der Waals surface area contributed by atoms with Crippen molar-refractivity contribution in [3.05, 3.63) is 22.8 Å². The molecule has 0 saturated heterocycles.